The molecule has 0 unspecified atom stereocenters. The average molecular weight is 173 g/mol. The van der Waals surface area contributed by atoms with E-state index in [4.69, 9.17) is 10.5 Å². The Labute approximate surface area is 74.3 Å². The second-order valence-electron chi connectivity index (χ2n) is 4.33. The Bertz CT molecular complexity index is 158. The molecule has 0 saturated heterocycles. The topological polar surface area (TPSA) is 52.3 Å². The largest absolute Gasteiger partial charge is 0.462 e. The monoisotopic (exact) mass is 173 g/mol. The van der Waals surface area contributed by atoms with Crippen LogP contribution in [0.2, 0.25) is 0 Å². The van der Waals surface area contributed by atoms with Gasteiger partial charge in [-0.3, -0.25) is 4.79 Å². The Hall–Kier alpha value is -0.570. The second-order valence-corrected chi connectivity index (χ2v) is 4.33. The first-order chi connectivity index (χ1) is 5.25. The van der Waals surface area contributed by atoms with Gasteiger partial charge in [-0.2, -0.15) is 0 Å². The summed E-state index contributed by atoms with van der Waals surface area (Å²) in [4.78, 5) is 11.3. The molecule has 0 spiro atoms. The number of carbonyl (C=O) groups is 1. The van der Waals surface area contributed by atoms with Crippen molar-refractivity contribution in [3.63, 3.8) is 0 Å². The van der Waals surface area contributed by atoms with Crippen LogP contribution in [0.5, 0.6) is 0 Å². The predicted octanol–water partition coefficient (Wildman–Crippen LogP) is 1.31. The average Bonchev–Trinajstić information content (AvgIpc) is 1.82. The van der Waals surface area contributed by atoms with Gasteiger partial charge in [0.25, 0.3) is 0 Å². The van der Waals surface area contributed by atoms with Gasteiger partial charge in [-0.15, -0.1) is 0 Å². The maximum Gasteiger partial charge on any atom is 0.323 e. The summed E-state index contributed by atoms with van der Waals surface area (Å²) in [6.45, 7) is 9.37. The summed E-state index contributed by atoms with van der Waals surface area (Å²) in [7, 11) is 0. The zero-order valence-electron chi connectivity index (χ0n) is 8.55. The summed E-state index contributed by atoms with van der Waals surface area (Å²) < 4.78 is 4.97. The quantitative estimate of drug-likeness (QED) is 0.640. The van der Waals surface area contributed by atoms with Crippen molar-refractivity contribution in [2.45, 2.75) is 46.8 Å². The zero-order valence-corrected chi connectivity index (χ0v) is 8.55. The highest BCUT2D eigenvalue weighted by molar-refractivity contribution is 5.76. The van der Waals surface area contributed by atoms with Gasteiger partial charge in [0.1, 0.15) is 6.04 Å². The van der Waals surface area contributed by atoms with Crippen molar-refractivity contribution in [1.29, 1.82) is 0 Å². The van der Waals surface area contributed by atoms with Crippen molar-refractivity contribution in [3.8, 4) is 0 Å². The molecule has 0 bridgehead atoms. The molecule has 0 amide bonds. The lowest BCUT2D eigenvalue weighted by Crippen LogP contribution is -2.44. The van der Waals surface area contributed by atoms with E-state index >= 15 is 0 Å². The highest BCUT2D eigenvalue weighted by Crippen LogP contribution is 2.18. The fraction of sp³-hybridized carbons (Fsp3) is 0.889. The minimum atomic E-state index is -0.542. The van der Waals surface area contributed by atoms with Gasteiger partial charge in [-0.05, 0) is 19.3 Å². The number of carbonyl (C=O) groups excluding carboxylic acids is 1. The summed E-state index contributed by atoms with van der Waals surface area (Å²) in [6.07, 6.45) is -0.0918. The highest BCUT2D eigenvalue weighted by atomic mass is 16.5. The van der Waals surface area contributed by atoms with Crippen LogP contribution in [0.1, 0.15) is 34.6 Å². The Morgan fingerprint density at radius 2 is 1.75 bits per heavy atom. The van der Waals surface area contributed by atoms with Gasteiger partial charge in [0.15, 0.2) is 0 Å². The Morgan fingerprint density at radius 1 is 1.33 bits per heavy atom. The number of esters is 1. The molecule has 72 valence electrons. The smallest absolute Gasteiger partial charge is 0.323 e. The Kier molecular flexibility index (Phi) is 3.71. The third-order valence-electron chi connectivity index (χ3n) is 1.54. The van der Waals surface area contributed by atoms with E-state index < -0.39 is 6.04 Å². The minimum absolute atomic E-state index is 0.0918. The normalized spacial score (nSPS) is 14.6. The number of rotatable bonds is 2. The van der Waals surface area contributed by atoms with E-state index in [0.29, 0.717) is 0 Å². The standard InChI is InChI=1S/C9H19NO2/c1-6(2)12-8(11)7(10)9(3,4)5/h6-7H,10H2,1-5H3/t7-/m1/s1. The Morgan fingerprint density at radius 3 is 2.00 bits per heavy atom. The van der Waals surface area contributed by atoms with Gasteiger partial charge in [-0.25, -0.2) is 0 Å². The maximum atomic E-state index is 11.3. The van der Waals surface area contributed by atoms with Crippen LogP contribution in [0.25, 0.3) is 0 Å². The van der Waals surface area contributed by atoms with Crippen molar-refractivity contribution < 1.29 is 9.53 Å². The van der Waals surface area contributed by atoms with Crippen molar-refractivity contribution in [2.75, 3.05) is 0 Å². The molecule has 0 aliphatic carbocycles. The molecule has 1 atom stereocenters. The van der Waals surface area contributed by atoms with Crippen molar-refractivity contribution in [3.05, 3.63) is 0 Å². The molecule has 0 heterocycles. The van der Waals surface area contributed by atoms with Crippen LogP contribution < -0.4 is 5.73 Å². The molecule has 3 nitrogen and oxygen atoms in total. The van der Waals surface area contributed by atoms with Gasteiger partial charge in [0.05, 0.1) is 6.10 Å². The van der Waals surface area contributed by atoms with E-state index in [0.717, 1.165) is 0 Å². The first kappa shape index (κ1) is 11.4. The summed E-state index contributed by atoms with van der Waals surface area (Å²) in [5.41, 5.74) is 5.44. The zero-order chi connectivity index (χ0) is 9.94. The van der Waals surface area contributed by atoms with Gasteiger partial charge in [0, 0.05) is 0 Å². The van der Waals surface area contributed by atoms with E-state index in [1.807, 2.05) is 34.6 Å². The van der Waals surface area contributed by atoms with Gasteiger partial charge in [-0.1, -0.05) is 20.8 Å². The summed E-state index contributed by atoms with van der Waals surface area (Å²) in [5.74, 6) is -0.322. The molecule has 2 N–H and O–H groups in total. The Balaban J connectivity index is 4.12. The van der Waals surface area contributed by atoms with E-state index in [1.165, 1.54) is 0 Å². The van der Waals surface area contributed by atoms with Crippen LogP contribution in [0, 0.1) is 5.41 Å². The molecular formula is C9H19NO2. The van der Waals surface area contributed by atoms with Crippen LogP contribution in [0.15, 0.2) is 0 Å². The maximum absolute atomic E-state index is 11.3. The first-order valence-electron chi connectivity index (χ1n) is 4.21. The second kappa shape index (κ2) is 3.90. The minimum Gasteiger partial charge on any atom is -0.462 e. The molecule has 0 aliphatic heterocycles. The van der Waals surface area contributed by atoms with Crippen LogP contribution in [-0.4, -0.2) is 18.1 Å². The molecule has 0 rings (SSSR count). The molecule has 0 fully saturated rings. The molecule has 0 aromatic carbocycles. The molecule has 12 heavy (non-hydrogen) atoms. The SMILES string of the molecule is CC(C)OC(=O)[C@@H](N)C(C)(C)C. The number of hydrogen-bond acceptors (Lipinski definition) is 3. The van der Waals surface area contributed by atoms with Crippen molar-refractivity contribution >= 4 is 5.97 Å². The molecule has 0 aromatic heterocycles. The van der Waals surface area contributed by atoms with Gasteiger partial charge in [0.2, 0.25) is 0 Å². The molecule has 0 aliphatic rings. The fourth-order valence-electron chi connectivity index (χ4n) is 0.659. The summed E-state index contributed by atoms with van der Waals surface area (Å²) in [6, 6.07) is -0.542. The lowest BCUT2D eigenvalue weighted by molar-refractivity contribution is -0.151. The van der Waals surface area contributed by atoms with Crippen LogP contribution in [-0.2, 0) is 9.53 Å². The number of ether oxygens (including phenoxy) is 1. The molecule has 0 radical (unpaired) electrons. The predicted molar refractivity (Wildman–Crippen MR) is 48.7 cm³/mol. The molecule has 0 aromatic rings. The third kappa shape index (κ3) is 3.72. The van der Waals surface area contributed by atoms with E-state index in [1.54, 1.807) is 0 Å². The molecular weight excluding hydrogens is 154 g/mol. The molecule has 0 saturated carbocycles. The van der Waals surface area contributed by atoms with Crippen LogP contribution >= 0.6 is 0 Å². The summed E-state index contributed by atoms with van der Waals surface area (Å²) in [5, 5.41) is 0. The lowest BCUT2D eigenvalue weighted by Gasteiger charge is -2.25. The number of nitrogens with two attached hydrogens (primary N) is 1. The van der Waals surface area contributed by atoms with Crippen LogP contribution in [0.3, 0.4) is 0 Å². The van der Waals surface area contributed by atoms with Crippen LogP contribution in [0.4, 0.5) is 0 Å². The fourth-order valence-corrected chi connectivity index (χ4v) is 0.659. The van der Waals surface area contributed by atoms with E-state index in [2.05, 4.69) is 0 Å². The van der Waals surface area contributed by atoms with Gasteiger partial charge < -0.3 is 10.5 Å². The number of hydrogen-bond donors (Lipinski definition) is 1. The molecule has 3 heteroatoms. The van der Waals surface area contributed by atoms with Crippen molar-refractivity contribution in [1.82, 2.24) is 0 Å². The van der Waals surface area contributed by atoms with E-state index in [-0.39, 0.29) is 17.5 Å². The first-order valence-corrected chi connectivity index (χ1v) is 4.21. The highest BCUT2D eigenvalue weighted by Gasteiger charge is 2.29. The lowest BCUT2D eigenvalue weighted by atomic mass is 9.87. The summed E-state index contributed by atoms with van der Waals surface area (Å²) >= 11 is 0. The van der Waals surface area contributed by atoms with Crippen molar-refractivity contribution in [2.24, 2.45) is 11.1 Å². The van der Waals surface area contributed by atoms with E-state index in [9.17, 15) is 4.79 Å². The third-order valence-corrected chi connectivity index (χ3v) is 1.54. The van der Waals surface area contributed by atoms with Gasteiger partial charge >= 0.3 is 5.97 Å².